The lowest BCUT2D eigenvalue weighted by atomic mass is 9.89. The van der Waals surface area contributed by atoms with E-state index in [2.05, 4.69) is 91.0 Å². The lowest BCUT2D eigenvalue weighted by Gasteiger charge is -2.23. The van der Waals surface area contributed by atoms with Gasteiger partial charge in [-0.15, -0.1) is 0 Å². The molecule has 0 aliphatic carbocycles. The molecule has 152 valence electrons. The molecule has 0 spiro atoms. The van der Waals surface area contributed by atoms with Crippen molar-refractivity contribution in [2.75, 3.05) is 0 Å². The average molecular weight is 389 g/mol. The molecule has 0 saturated heterocycles. The first-order valence-corrected chi connectivity index (χ1v) is 10.4. The van der Waals surface area contributed by atoms with E-state index in [0.717, 1.165) is 39.0 Å². The van der Waals surface area contributed by atoms with Crippen molar-refractivity contribution in [1.29, 1.82) is 0 Å². The largest absolute Gasteiger partial charge is 0.294 e. The summed E-state index contributed by atoms with van der Waals surface area (Å²) >= 11 is 0. The SMILES string of the molecule is CC(C)(C)c1cc2nc3c4ccc(C(C)(C)C)nc4cc(C(C)(C)C)n3c2cn1. The van der Waals surface area contributed by atoms with E-state index in [9.17, 15) is 0 Å². The molecule has 0 radical (unpaired) electrons. The zero-order valence-electron chi connectivity index (χ0n) is 19.2. The Kier molecular flexibility index (Phi) is 4.10. The molecule has 0 amide bonds. The molecule has 4 nitrogen and oxygen atoms in total. The highest BCUT2D eigenvalue weighted by Crippen LogP contribution is 2.34. The summed E-state index contributed by atoms with van der Waals surface area (Å²) in [6, 6.07) is 8.68. The molecule has 0 aliphatic heterocycles. The van der Waals surface area contributed by atoms with E-state index >= 15 is 0 Å². The Hall–Kier alpha value is -2.49. The third-order valence-corrected chi connectivity index (χ3v) is 5.53. The smallest absolute Gasteiger partial charge is 0.147 e. The maximum absolute atomic E-state index is 5.07. The molecule has 0 atom stereocenters. The Morgan fingerprint density at radius 1 is 0.690 bits per heavy atom. The Morgan fingerprint density at radius 2 is 1.34 bits per heavy atom. The van der Waals surface area contributed by atoms with Crippen LogP contribution in [-0.4, -0.2) is 19.4 Å². The van der Waals surface area contributed by atoms with Gasteiger partial charge < -0.3 is 0 Å². The first-order valence-electron chi connectivity index (χ1n) is 10.4. The topological polar surface area (TPSA) is 43.1 Å². The fourth-order valence-corrected chi connectivity index (χ4v) is 3.75. The van der Waals surface area contributed by atoms with Crippen LogP contribution in [0.3, 0.4) is 0 Å². The average Bonchev–Trinajstić information content (AvgIpc) is 2.96. The Labute approximate surface area is 173 Å². The molecule has 4 heterocycles. The molecule has 0 aliphatic rings. The van der Waals surface area contributed by atoms with Gasteiger partial charge in [0.25, 0.3) is 0 Å². The second-order valence-electron chi connectivity index (χ2n) is 11.2. The first kappa shape index (κ1) is 19.8. The summed E-state index contributed by atoms with van der Waals surface area (Å²) in [5.41, 5.74) is 7.31. The van der Waals surface area contributed by atoms with E-state index in [-0.39, 0.29) is 16.2 Å². The molecule has 0 fully saturated rings. The molecule has 4 heteroatoms. The van der Waals surface area contributed by atoms with E-state index in [1.807, 2.05) is 6.20 Å². The fourth-order valence-electron chi connectivity index (χ4n) is 3.75. The van der Waals surface area contributed by atoms with Gasteiger partial charge in [-0.3, -0.25) is 14.4 Å². The Bertz CT molecular complexity index is 1240. The summed E-state index contributed by atoms with van der Waals surface area (Å²) in [5.74, 6) is 0. The van der Waals surface area contributed by atoms with Gasteiger partial charge in [-0.25, -0.2) is 4.98 Å². The summed E-state index contributed by atoms with van der Waals surface area (Å²) in [4.78, 5) is 14.9. The van der Waals surface area contributed by atoms with Crippen molar-refractivity contribution < 1.29 is 0 Å². The highest BCUT2D eigenvalue weighted by molar-refractivity contribution is 5.97. The summed E-state index contributed by atoms with van der Waals surface area (Å²) in [6.45, 7) is 19.9. The standard InChI is InChI=1S/C25H32N4/c1-23(2,3)19-11-10-15-16(27-19)13-21(25(7,8)9)29-18-14-26-20(24(4,5)6)12-17(18)28-22(15)29/h10-14H,1-9H3. The van der Waals surface area contributed by atoms with Crippen molar-refractivity contribution in [2.45, 2.75) is 78.6 Å². The molecule has 4 rings (SSSR count). The van der Waals surface area contributed by atoms with Crippen LogP contribution >= 0.6 is 0 Å². The molecule has 0 unspecified atom stereocenters. The van der Waals surface area contributed by atoms with Gasteiger partial charge in [-0.2, -0.15) is 0 Å². The lowest BCUT2D eigenvalue weighted by molar-refractivity contribution is 0.562. The van der Waals surface area contributed by atoms with Crippen LogP contribution in [0.5, 0.6) is 0 Å². The van der Waals surface area contributed by atoms with Gasteiger partial charge in [0, 0.05) is 38.7 Å². The molecular formula is C25H32N4. The van der Waals surface area contributed by atoms with Crippen molar-refractivity contribution in [3.05, 3.63) is 47.5 Å². The molecule has 4 aromatic rings. The number of fused-ring (bicyclic) bond motifs is 5. The van der Waals surface area contributed by atoms with Crippen molar-refractivity contribution >= 4 is 27.6 Å². The monoisotopic (exact) mass is 388 g/mol. The van der Waals surface area contributed by atoms with Gasteiger partial charge in [0.1, 0.15) is 5.65 Å². The second kappa shape index (κ2) is 6.01. The zero-order valence-corrected chi connectivity index (χ0v) is 19.2. The van der Waals surface area contributed by atoms with Crippen molar-refractivity contribution in [3.8, 4) is 0 Å². The van der Waals surface area contributed by atoms with E-state index in [1.165, 1.54) is 5.69 Å². The van der Waals surface area contributed by atoms with Crippen molar-refractivity contribution in [2.24, 2.45) is 0 Å². The predicted molar refractivity (Wildman–Crippen MR) is 122 cm³/mol. The van der Waals surface area contributed by atoms with Crippen LogP contribution in [0.1, 0.15) is 79.4 Å². The van der Waals surface area contributed by atoms with Gasteiger partial charge in [0.2, 0.25) is 0 Å². The minimum atomic E-state index is -0.0534. The van der Waals surface area contributed by atoms with Crippen LogP contribution in [0.2, 0.25) is 0 Å². The van der Waals surface area contributed by atoms with Gasteiger partial charge in [0.15, 0.2) is 0 Å². The summed E-state index contributed by atoms with van der Waals surface area (Å²) in [6.07, 6.45) is 1.98. The predicted octanol–water partition coefficient (Wildman–Crippen LogP) is 6.32. The van der Waals surface area contributed by atoms with Crippen molar-refractivity contribution in [3.63, 3.8) is 0 Å². The molecule has 0 saturated carbocycles. The molecule has 0 aromatic carbocycles. The normalized spacial score (nSPS) is 13.7. The number of pyridine rings is 3. The van der Waals surface area contributed by atoms with Gasteiger partial charge in [-0.1, -0.05) is 62.3 Å². The van der Waals surface area contributed by atoms with Crippen LogP contribution in [0, 0.1) is 0 Å². The molecular weight excluding hydrogens is 356 g/mol. The van der Waals surface area contributed by atoms with E-state index in [1.54, 1.807) is 0 Å². The number of hydrogen-bond acceptors (Lipinski definition) is 3. The van der Waals surface area contributed by atoms with E-state index in [4.69, 9.17) is 15.0 Å². The third-order valence-electron chi connectivity index (χ3n) is 5.53. The quantitative estimate of drug-likeness (QED) is 0.354. The highest BCUT2D eigenvalue weighted by atomic mass is 15.0. The molecule has 0 bridgehead atoms. The van der Waals surface area contributed by atoms with Crippen LogP contribution in [0.4, 0.5) is 0 Å². The number of nitrogens with zero attached hydrogens (tertiary/aromatic N) is 4. The Balaban J connectivity index is 2.15. The maximum Gasteiger partial charge on any atom is 0.147 e. The van der Waals surface area contributed by atoms with Crippen LogP contribution in [0.15, 0.2) is 30.5 Å². The summed E-state index contributed by atoms with van der Waals surface area (Å²) in [7, 11) is 0. The summed E-state index contributed by atoms with van der Waals surface area (Å²) in [5, 5.41) is 1.08. The number of hydrogen-bond donors (Lipinski definition) is 0. The summed E-state index contributed by atoms with van der Waals surface area (Å²) < 4.78 is 2.27. The number of imidazole rings is 1. The van der Waals surface area contributed by atoms with E-state index in [0.29, 0.717) is 0 Å². The molecule has 4 aromatic heterocycles. The molecule has 0 N–H and O–H groups in total. The van der Waals surface area contributed by atoms with Crippen LogP contribution in [-0.2, 0) is 16.2 Å². The van der Waals surface area contributed by atoms with Gasteiger partial charge in [-0.05, 0) is 24.3 Å². The fraction of sp³-hybridized carbons (Fsp3) is 0.480. The van der Waals surface area contributed by atoms with Gasteiger partial charge in [0.05, 0.1) is 22.7 Å². The van der Waals surface area contributed by atoms with E-state index < -0.39 is 0 Å². The highest BCUT2D eigenvalue weighted by Gasteiger charge is 2.24. The minimum Gasteiger partial charge on any atom is -0.294 e. The van der Waals surface area contributed by atoms with Crippen LogP contribution < -0.4 is 0 Å². The van der Waals surface area contributed by atoms with Crippen molar-refractivity contribution in [1.82, 2.24) is 19.4 Å². The maximum atomic E-state index is 5.07. The Morgan fingerprint density at radius 3 is 1.93 bits per heavy atom. The molecule has 29 heavy (non-hydrogen) atoms. The zero-order chi connectivity index (χ0) is 21.4. The number of rotatable bonds is 0. The third kappa shape index (κ3) is 3.29. The lowest BCUT2D eigenvalue weighted by Crippen LogP contribution is -2.18. The van der Waals surface area contributed by atoms with Crippen LogP contribution in [0.25, 0.3) is 27.6 Å². The second-order valence-corrected chi connectivity index (χ2v) is 11.2. The number of aromatic nitrogens is 4. The van der Waals surface area contributed by atoms with Gasteiger partial charge >= 0.3 is 0 Å². The first-order chi connectivity index (χ1) is 13.3. The minimum absolute atomic E-state index is 0.00782.